The first-order valence-electron chi connectivity index (χ1n) is 9.75. The second kappa shape index (κ2) is 9.54. The maximum atomic E-state index is 13.0. The Morgan fingerprint density at radius 2 is 2.00 bits per heavy atom. The number of rotatable bonds is 6. The monoisotopic (exact) mass is 452 g/mol. The van der Waals surface area contributed by atoms with Crippen LogP contribution < -0.4 is 0 Å². The Labute approximate surface area is 186 Å². The molecule has 1 aromatic carbocycles. The number of benzene rings is 1. The summed E-state index contributed by atoms with van der Waals surface area (Å²) in [5, 5.41) is 10.2. The molecule has 0 bridgehead atoms. The molecule has 1 amide bonds. The molecule has 0 spiro atoms. The fourth-order valence-electron chi connectivity index (χ4n) is 3.85. The number of carbonyl (C=O) groups is 1. The molecular formula is C21H26Cl2N4OS. The maximum absolute atomic E-state index is 13.0. The van der Waals surface area contributed by atoms with Crippen LogP contribution in [0.4, 0.5) is 0 Å². The van der Waals surface area contributed by atoms with Gasteiger partial charge in [-0.15, -0.1) is 16.8 Å². The third-order valence-electron chi connectivity index (χ3n) is 5.01. The van der Waals surface area contributed by atoms with E-state index < -0.39 is 0 Å². The third-order valence-corrected chi connectivity index (χ3v) is 6.63. The minimum atomic E-state index is -0.256. The molecule has 29 heavy (non-hydrogen) atoms. The SMILES string of the molecule is C=CCn1c(S[C@H](C)C(=O)N2C[C@@H](C)C[C@H](C)C2)nnc1-c1ccc(Cl)cc1Cl. The number of likely N-dealkylation sites (tertiary alicyclic amines) is 1. The topological polar surface area (TPSA) is 51.0 Å². The van der Waals surface area contributed by atoms with E-state index in [0.29, 0.717) is 39.4 Å². The van der Waals surface area contributed by atoms with Gasteiger partial charge in [-0.25, -0.2) is 0 Å². The maximum Gasteiger partial charge on any atom is 0.235 e. The molecular weight excluding hydrogens is 427 g/mol. The van der Waals surface area contributed by atoms with E-state index in [4.69, 9.17) is 23.2 Å². The number of piperidine rings is 1. The fourth-order valence-corrected chi connectivity index (χ4v) is 5.28. The van der Waals surface area contributed by atoms with Crippen molar-refractivity contribution in [2.75, 3.05) is 13.1 Å². The Kier molecular flexibility index (Phi) is 7.30. The molecule has 1 aliphatic heterocycles. The Morgan fingerprint density at radius 3 is 2.62 bits per heavy atom. The van der Waals surface area contributed by atoms with Gasteiger partial charge in [0.05, 0.1) is 10.3 Å². The van der Waals surface area contributed by atoms with E-state index in [1.807, 2.05) is 22.5 Å². The summed E-state index contributed by atoms with van der Waals surface area (Å²) in [5.74, 6) is 1.84. The molecule has 0 radical (unpaired) electrons. The van der Waals surface area contributed by atoms with Crippen molar-refractivity contribution in [2.24, 2.45) is 11.8 Å². The zero-order valence-electron chi connectivity index (χ0n) is 16.9. The van der Waals surface area contributed by atoms with Crippen molar-refractivity contribution in [3.05, 3.63) is 40.9 Å². The van der Waals surface area contributed by atoms with Crippen molar-refractivity contribution in [3.8, 4) is 11.4 Å². The zero-order chi connectivity index (χ0) is 21.1. The summed E-state index contributed by atoms with van der Waals surface area (Å²) in [6.45, 7) is 12.3. The van der Waals surface area contributed by atoms with Gasteiger partial charge in [0.25, 0.3) is 0 Å². The summed E-state index contributed by atoms with van der Waals surface area (Å²) in [6, 6.07) is 5.28. The summed E-state index contributed by atoms with van der Waals surface area (Å²) in [4.78, 5) is 15.0. The van der Waals surface area contributed by atoms with Crippen molar-refractivity contribution in [3.63, 3.8) is 0 Å². The second-order valence-corrected chi connectivity index (χ2v) is 9.93. The second-order valence-electron chi connectivity index (χ2n) is 7.78. The molecule has 0 aliphatic carbocycles. The number of hydrogen-bond donors (Lipinski definition) is 0. The van der Waals surface area contributed by atoms with Gasteiger partial charge in [0.15, 0.2) is 11.0 Å². The highest BCUT2D eigenvalue weighted by Crippen LogP contribution is 2.33. The standard InChI is InChI=1S/C21H26Cl2N4OS/c1-5-8-27-19(17-7-6-16(22)10-18(17)23)24-25-21(27)29-15(4)20(28)26-11-13(2)9-14(3)12-26/h5-7,10,13-15H,1,8-9,11-12H2,2-4H3/t13-,14-,15+/m0/s1. The molecule has 1 aliphatic rings. The van der Waals surface area contributed by atoms with Crippen LogP contribution in [0.2, 0.25) is 10.0 Å². The molecule has 1 saturated heterocycles. The predicted octanol–water partition coefficient (Wildman–Crippen LogP) is 5.42. The summed E-state index contributed by atoms with van der Waals surface area (Å²) in [7, 11) is 0. The number of allylic oxidation sites excluding steroid dienone is 1. The highest BCUT2D eigenvalue weighted by atomic mass is 35.5. The van der Waals surface area contributed by atoms with Crippen LogP contribution in [0.5, 0.6) is 0 Å². The smallest absolute Gasteiger partial charge is 0.235 e. The number of thioether (sulfide) groups is 1. The van der Waals surface area contributed by atoms with E-state index in [-0.39, 0.29) is 11.2 Å². The van der Waals surface area contributed by atoms with Gasteiger partial charge in [0.1, 0.15) is 0 Å². The summed E-state index contributed by atoms with van der Waals surface area (Å²) in [5.41, 5.74) is 0.745. The molecule has 3 atom stereocenters. The van der Waals surface area contributed by atoms with E-state index in [9.17, 15) is 4.79 Å². The molecule has 156 valence electrons. The lowest BCUT2D eigenvalue weighted by Gasteiger charge is -2.36. The van der Waals surface area contributed by atoms with Crippen LogP contribution in [0, 0.1) is 11.8 Å². The lowest BCUT2D eigenvalue weighted by molar-refractivity contribution is -0.132. The Balaban J connectivity index is 1.82. The first kappa shape index (κ1) is 22.2. The average Bonchev–Trinajstić information content (AvgIpc) is 3.03. The lowest BCUT2D eigenvalue weighted by Crippen LogP contribution is -2.45. The number of carbonyl (C=O) groups excluding carboxylic acids is 1. The number of halogens is 2. The first-order chi connectivity index (χ1) is 13.8. The van der Waals surface area contributed by atoms with Crippen molar-refractivity contribution >= 4 is 40.9 Å². The van der Waals surface area contributed by atoms with Crippen molar-refractivity contribution in [1.29, 1.82) is 0 Å². The van der Waals surface area contributed by atoms with E-state index in [0.717, 1.165) is 18.7 Å². The molecule has 0 unspecified atom stereocenters. The van der Waals surface area contributed by atoms with E-state index in [1.54, 1.807) is 18.2 Å². The molecule has 2 heterocycles. The van der Waals surface area contributed by atoms with Crippen LogP contribution in [0.3, 0.4) is 0 Å². The minimum absolute atomic E-state index is 0.146. The third kappa shape index (κ3) is 5.16. The largest absolute Gasteiger partial charge is 0.341 e. The van der Waals surface area contributed by atoms with Crippen LogP contribution in [0.25, 0.3) is 11.4 Å². The molecule has 3 rings (SSSR count). The number of aromatic nitrogens is 3. The average molecular weight is 453 g/mol. The van der Waals surface area contributed by atoms with E-state index in [1.165, 1.54) is 18.2 Å². The molecule has 5 nitrogen and oxygen atoms in total. The molecule has 0 N–H and O–H groups in total. The molecule has 2 aromatic rings. The number of amides is 1. The van der Waals surface area contributed by atoms with Crippen molar-refractivity contribution in [1.82, 2.24) is 19.7 Å². The molecule has 1 aromatic heterocycles. The van der Waals surface area contributed by atoms with Crippen LogP contribution in [0.15, 0.2) is 36.0 Å². The van der Waals surface area contributed by atoms with Gasteiger partial charge in [0, 0.05) is 30.2 Å². The summed E-state index contributed by atoms with van der Waals surface area (Å²) in [6.07, 6.45) is 2.95. The summed E-state index contributed by atoms with van der Waals surface area (Å²) < 4.78 is 1.93. The van der Waals surface area contributed by atoms with E-state index >= 15 is 0 Å². The van der Waals surface area contributed by atoms with Gasteiger partial charge in [-0.3, -0.25) is 9.36 Å². The Hall–Kier alpha value is -1.50. The number of nitrogens with zero attached hydrogens (tertiary/aromatic N) is 4. The highest BCUT2D eigenvalue weighted by molar-refractivity contribution is 8.00. The van der Waals surface area contributed by atoms with Gasteiger partial charge in [-0.2, -0.15) is 0 Å². The zero-order valence-corrected chi connectivity index (χ0v) is 19.3. The first-order valence-corrected chi connectivity index (χ1v) is 11.4. The predicted molar refractivity (Wildman–Crippen MR) is 121 cm³/mol. The van der Waals surface area contributed by atoms with Gasteiger partial charge >= 0.3 is 0 Å². The summed E-state index contributed by atoms with van der Waals surface area (Å²) >= 11 is 13.8. The molecule has 1 fully saturated rings. The van der Waals surface area contributed by atoms with Gasteiger partial charge in [-0.1, -0.05) is 54.9 Å². The van der Waals surface area contributed by atoms with Gasteiger partial charge < -0.3 is 4.90 Å². The molecule has 0 saturated carbocycles. The fraction of sp³-hybridized carbons (Fsp3) is 0.476. The van der Waals surface area contributed by atoms with Crippen LogP contribution >= 0.6 is 35.0 Å². The minimum Gasteiger partial charge on any atom is -0.341 e. The number of hydrogen-bond acceptors (Lipinski definition) is 4. The van der Waals surface area contributed by atoms with Gasteiger partial charge in [0.2, 0.25) is 5.91 Å². The van der Waals surface area contributed by atoms with Crippen molar-refractivity contribution in [2.45, 2.75) is 44.1 Å². The Bertz CT molecular complexity index is 891. The van der Waals surface area contributed by atoms with Gasteiger partial charge in [-0.05, 0) is 43.4 Å². The normalized spacial score (nSPS) is 20.5. The quantitative estimate of drug-likeness (QED) is 0.433. The van der Waals surface area contributed by atoms with E-state index in [2.05, 4.69) is 30.6 Å². The van der Waals surface area contributed by atoms with Crippen molar-refractivity contribution < 1.29 is 4.79 Å². The Morgan fingerprint density at radius 1 is 1.31 bits per heavy atom. The van der Waals surface area contributed by atoms with Crippen LogP contribution in [0.1, 0.15) is 27.2 Å². The molecule has 8 heteroatoms. The lowest BCUT2D eigenvalue weighted by atomic mass is 9.92. The van der Waals surface area contributed by atoms with Crippen LogP contribution in [-0.2, 0) is 11.3 Å². The highest BCUT2D eigenvalue weighted by Gasteiger charge is 2.30. The van der Waals surface area contributed by atoms with Crippen LogP contribution in [-0.4, -0.2) is 43.9 Å².